The van der Waals surface area contributed by atoms with Crippen LogP contribution in [0.4, 0.5) is 0 Å². The number of rotatable bonds is 6. The van der Waals surface area contributed by atoms with Crippen LogP contribution >= 0.6 is 0 Å². The van der Waals surface area contributed by atoms with Crippen LogP contribution in [0.25, 0.3) is 0 Å². The lowest BCUT2D eigenvalue weighted by atomic mass is 9.87. The van der Waals surface area contributed by atoms with E-state index < -0.39 is 0 Å². The van der Waals surface area contributed by atoms with Crippen LogP contribution in [-0.2, 0) is 0 Å². The predicted octanol–water partition coefficient (Wildman–Crippen LogP) is 2.95. The first-order valence-corrected chi connectivity index (χ1v) is 6.88. The Balaban J connectivity index is 2.03. The summed E-state index contributed by atoms with van der Waals surface area (Å²) < 4.78 is 0. The van der Waals surface area contributed by atoms with Gasteiger partial charge in [-0.25, -0.2) is 0 Å². The summed E-state index contributed by atoms with van der Waals surface area (Å²) in [5.41, 5.74) is 0.1000. The van der Waals surface area contributed by atoms with Crippen LogP contribution in [0.3, 0.4) is 0 Å². The Labute approximate surface area is 101 Å². The monoisotopic (exact) mass is 227 g/mol. The Morgan fingerprint density at radius 1 is 1.19 bits per heavy atom. The van der Waals surface area contributed by atoms with Crippen molar-refractivity contribution < 1.29 is 5.11 Å². The minimum absolute atomic E-state index is 0.1000. The third kappa shape index (κ3) is 5.31. The molecular weight excluding hydrogens is 198 g/mol. The molecular formula is C14H29NO. The van der Waals surface area contributed by atoms with Crippen LogP contribution in [0.2, 0.25) is 0 Å². The molecule has 0 aliphatic heterocycles. The molecule has 0 saturated heterocycles. The van der Waals surface area contributed by atoms with Gasteiger partial charge in [0.05, 0.1) is 0 Å². The molecule has 0 bridgehead atoms. The van der Waals surface area contributed by atoms with Crippen LogP contribution < -0.4 is 5.32 Å². The molecule has 0 unspecified atom stereocenters. The van der Waals surface area contributed by atoms with Crippen molar-refractivity contribution >= 4 is 0 Å². The van der Waals surface area contributed by atoms with E-state index in [1.165, 1.54) is 32.1 Å². The second kappa shape index (κ2) is 6.61. The molecule has 16 heavy (non-hydrogen) atoms. The first-order chi connectivity index (χ1) is 7.53. The highest BCUT2D eigenvalue weighted by Crippen LogP contribution is 2.24. The normalized spacial score (nSPS) is 27.0. The smallest absolute Gasteiger partial charge is 0.0482 e. The predicted molar refractivity (Wildman–Crippen MR) is 69.5 cm³/mol. The van der Waals surface area contributed by atoms with Crippen LogP contribution in [0, 0.1) is 11.3 Å². The van der Waals surface area contributed by atoms with Crippen molar-refractivity contribution in [3.8, 4) is 0 Å². The molecule has 0 radical (unpaired) electrons. The standard InChI is InChI=1S/C14H29NO/c1-12-5-7-13(8-6-12)15-10-4-9-14(2,3)11-16/h12-13,15-16H,4-11H2,1-3H3. The van der Waals surface area contributed by atoms with Crippen molar-refractivity contribution in [2.24, 2.45) is 11.3 Å². The van der Waals surface area contributed by atoms with Gasteiger partial charge >= 0.3 is 0 Å². The number of aliphatic hydroxyl groups excluding tert-OH is 1. The molecule has 96 valence electrons. The van der Waals surface area contributed by atoms with Crippen LogP contribution in [-0.4, -0.2) is 24.3 Å². The van der Waals surface area contributed by atoms with Crippen LogP contribution in [0.5, 0.6) is 0 Å². The van der Waals surface area contributed by atoms with Gasteiger partial charge in [-0.2, -0.15) is 0 Å². The summed E-state index contributed by atoms with van der Waals surface area (Å²) >= 11 is 0. The van der Waals surface area contributed by atoms with Gasteiger partial charge in [-0.3, -0.25) is 0 Å². The van der Waals surface area contributed by atoms with Gasteiger partial charge in [0, 0.05) is 12.6 Å². The lowest BCUT2D eigenvalue weighted by molar-refractivity contribution is 0.147. The second-order valence-electron chi connectivity index (χ2n) is 6.34. The Hall–Kier alpha value is -0.0800. The largest absolute Gasteiger partial charge is 0.396 e. The minimum Gasteiger partial charge on any atom is -0.396 e. The molecule has 0 spiro atoms. The highest BCUT2D eigenvalue weighted by molar-refractivity contribution is 4.75. The number of aliphatic hydroxyl groups is 1. The Morgan fingerprint density at radius 3 is 2.38 bits per heavy atom. The molecule has 2 nitrogen and oxygen atoms in total. The molecule has 1 aliphatic carbocycles. The zero-order valence-corrected chi connectivity index (χ0v) is 11.3. The van der Waals surface area contributed by atoms with E-state index >= 15 is 0 Å². The summed E-state index contributed by atoms with van der Waals surface area (Å²) in [4.78, 5) is 0. The average Bonchev–Trinajstić information content (AvgIpc) is 2.27. The summed E-state index contributed by atoms with van der Waals surface area (Å²) in [6.45, 7) is 8.04. The number of nitrogens with one attached hydrogen (secondary N) is 1. The lowest BCUT2D eigenvalue weighted by Crippen LogP contribution is -2.33. The van der Waals surface area contributed by atoms with Gasteiger partial charge in [0.2, 0.25) is 0 Å². The summed E-state index contributed by atoms with van der Waals surface area (Å²) in [6.07, 6.45) is 7.77. The molecule has 0 amide bonds. The molecule has 0 heterocycles. The maximum absolute atomic E-state index is 9.15. The van der Waals surface area contributed by atoms with E-state index in [4.69, 9.17) is 5.11 Å². The third-order valence-corrected chi connectivity index (χ3v) is 3.91. The van der Waals surface area contributed by atoms with E-state index in [1.807, 2.05) is 0 Å². The van der Waals surface area contributed by atoms with E-state index in [1.54, 1.807) is 0 Å². The van der Waals surface area contributed by atoms with Crippen molar-refractivity contribution in [3.05, 3.63) is 0 Å². The Morgan fingerprint density at radius 2 is 1.81 bits per heavy atom. The molecule has 2 heteroatoms. The van der Waals surface area contributed by atoms with Gasteiger partial charge in [0.25, 0.3) is 0 Å². The van der Waals surface area contributed by atoms with Crippen LogP contribution in [0.15, 0.2) is 0 Å². The average molecular weight is 227 g/mol. The Bertz CT molecular complexity index is 183. The minimum atomic E-state index is 0.1000. The van der Waals surface area contributed by atoms with E-state index in [-0.39, 0.29) is 5.41 Å². The molecule has 2 N–H and O–H groups in total. The van der Waals surface area contributed by atoms with Gasteiger partial charge in [0.15, 0.2) is 0 Å². The van der Waals surface area contributed by atoms with Crippen molar-refractivity contribution in [2.75, 3.05) is 13.2 Å². The van der Waals surface area contributed by atoms with Crippen molar-refractivity contribution in [3.63, 3.8) is 0 Å². The number of hydrogen-bond donors (Lipinski definition) is 2. The van der Waals surface area contributed by atoms with Gasteiger partial charge < -0.3 is 10.4 Å². The zero-order chi connectivity index (χ0) is 12.0. The van der Waals surface area contributed by atoms with Crippen molar-refractivity contribution in [2.45, 2.75) is 65.3 Å². The van der Waals surface area contributed by atoms with E-state index in [2.05, 4.69) is 26.1 Å². The Kier molecular flexibility index (Phi) is 5.77. The summed E-state index contributed by atoms with van der Waals surface area (Å²) in [5.74, 6) is 0.936. The fourth-order valence-electron chi connectivity index (χ4n) is 2.42. The van der Waals surface area contributed by atoms with E-state index in [0.717, 1.165) is 24.9 Å². The zero-order valence-electron chi connectivity index (χ0n) is 11.3. The molecule has 1 rings (SSSR count). The van der Waals surface area contributed by atoms with Gasteiger partial charge in [-0.1, -0.05) is 20.8 Å². The topological polar surface area (TPSA) is 32.3 Å². The molecule has 1 aliphatic rings. The van der Waals surface area contributed by atoms with E-state index in [0.29, 0.717) is 6.61 Å². The van der Waals surface area contributed by atoms with Gasteiger partial charge in [0.1, 0.15) is 0 Å². The summed E-state index contributed by atoms with van der Waals surface area (Å²) in [7, 11) is 0. The van der Waals surface area contributed by atoms with Gasteiger partial charge in [-0.15, -0.1) is 0 Å². The van der Waals surface area contributed by atoms with Crippen molar-refractivity contribution in [1.82, 2.24) is 5.32 Å². The molecule has 0 aromatic carbocycles. The summed E-state index contributed by atoms with van der Waals surface area (Å²) in [5, 5.41) is 12.8. The summed E-state index contributed by atoms with van der Waals surface area (Å²) in [6, 6.07) is 0.758. The second-order valence-corrected chi connectivity index (χ2v) is 6.34. The maximum Gasteiger partial charge on any atom is 0.0482 e. The fraction of sp³-hybridized carbons (Fsp3) is 1.00. The van der Waals surface area contributed by atoms with Crippen LogP contribution in [0.1, 0.15) is 59.3 Å². The third-order valence-electron chi connectivity index (χ3n) is 3.91. The molecule has 0 atom stereocenters. The number of hydrogen-bond acceptors (Lipinski definition) is 2. The highest BCUT2D eigenvalue weighted by atomic mass is 16.3. The maximum atomic E-state index is 9.15. The van der Waals surface area contributed by atoms with E-state index in [9.17, 15) is 0 Å². The van der Waals surface area contributed by atoms with Crippen molar-refractivity contribution in [1.29, 1.82) is 0 Å². The molecule has 1 fully saturated rings. The van der Waals surface area contributed by atoms with Gasteiger partial charge in [-0.05, 0) is 56.4 Å². The SMILES string of the molecule is CC1CCC(NCCCC(C)(C)CO)CC1. The molecule has 0 aromatic rings. The lowest BCUT2D eigenvalue weighted by Gasteiger charge is -2.28. The molecule has 0 aromatic heterocycles. The first-order valence-electron chi connectivity index (χ1n) is 6.88. The molecule has 1 saturated carbocycles. The first kappa shape index (κ1) is 14.0. The highest BCUT2D eigenvalue weighted by Gasteiger charge is 2.18. The quantitative estimate of drug-likeness (QED) is 0.684. The fourth-order valence-corrected chi connectivity index (χ4v) is 2.42.